The Hall–Kier alpha value is -0.410. The Bertz CT molecular complexity index is 209. The molecular formula is C7H9NOS. The third kappa shape index (κ3) is 0.954. The third-order valence-corrected chi connectivity index (χ3v) is 2.83. The quantitative estimate of drug-likeness (QED) is 0.697. The second kappa shape index (κ2) is 2.32. The van der Waals surface area contributed by atoms with Crippen LogP contribution in [0.3, 0.4) is 0 Å². The largest absolute Gasteiger partial charge is 0.396 e. The zero-order chi connectivity index (χ0) is 6.97. The van der Waals surface area contributed by atoms with E-state index in [9.17, 15) is 0 Å². The van der Waals surface area contributed by atoms with Gasteiger partial charge in [-0.1, -0.05) is 0 Å². The molecule has 2 nitrogen and oxygen atoms in total. The molecule has 0 bridgehead atoms. The van der Waals surface area contributed by atoms with Gasteiger partial charge in [0.15, 0.2) is 0 Å². The highest BCUT2D eigenvalue weighted by Gasteiger charge is 2.39. The van der Waals surface area contributed by atoms with Crippen LogP contribution >= 0.6 is 11.3 Å². The van der Waals surface area contributed by atoms with Crippen LogP contribution in [0, 0.1) is 5.92 Å². The summed E-state index contributed by atoms with van der Waals surface area (Å²) in [6, 6.07) is 0. The molecule has 1 aromatic heterocycles. The maximum atomic E-state index is 8.75. The summed E-state index contributed by atoms with van der Waals surface area (Å²) in [6.07, 6.45) is 2.96. The van der Waals surface area contributed by atoms with Crippen LogP contribution in [0.4, 0.5) is 0 Å². The van der Waals surface area contributed by atoms with Crippen molar-refractivity contribution in [2.75, 3.05) is 6.61 Å². The number of nitrogens with zero attached hydrogens (tertiary/aromatic N) is 1. The van der Waals surface area contributed by atoms with Gasteiger partial charge in [-0.05, 0) is 12.3 Å². The Morgan fingerprint density at radius 2 is 2.70 bits per heavy atom. The van der Waals surface area contributed by atoms with Crippen molar-refractivity contribution in [1.29, 1.82) is 0 Å². The second-order valence-electron chi connectivity index (χ2n) is 2.66. The van der Waals surface area contributed by atoms with E-state index in [1.165, 1.54) is 5.01 Å². The molecule has 2 rings (SSSR count). The highest BCUT2D eigenvalue weighted by Crippen LogP contribution is 2.47. The van der Waals surface area contributed by atoms with Gasteiger partial charge in [0.2, 0.25) is 0 Å². The van der Waals surface area contributed by atoms with E-state index in [1.807, 2.05) is 11.6 Å². The number of hydrogen-bond donors (Lipinski definition) is 1. The highest BCUT2D eigenvalue weighted by molar-refractivity contribution is 7.09. The summed E-state index contributed by atoms with van der Waals surface area (Å²) in [4.78, 5) is 4.18. The number of rotatable bonds is 2. The van der Waals surface area contributed by atoms with Gasteiger partial charge >= 0.3 is 0 Å². The van der Waals surface area contributed by atoms with E-state index >= 15 is 0 Å². The van der Waals surface area contributed by atoms with Gasteiger partial charge in [-0.3, -0.25) is 0 Å². The molecule has 1 fully saturated rings. The van der Waals surface area contributed by atoms with Crippen LogP contribution < -0.4 is 0 Å². The monoisotopic (exact) mass is 155 g/mol. The number of aromatic nitrogens is 1. The predicted molar refractivity (Wildman–Crippen MR) is 40.0 cm³/mol. The Morgan fingerprint density at radius 1 is 1.80 bits per heavy atom. The highest BCUT2D eigenvalue weighted by atomic mass is 32.1. The maximum absolute atomic E-state index is 8.75. The summed E-state index contributed by atoms with van der Waals surface area (Å²) in [5.74, 6) is 1.08. The van der Waals surface area contributed by atoms with Gasteiger partial charge in [-0.15, -0.1) is 11.3 Å². The first kappa shape index (κ1) is 6.31. The van der Waals surface area contributed by atoms with Crippen LogP contribution in [-0.2, 0) is 0 Å². The standard InChI is InChI=1S/C7H9NOS/c9-4-5-3-6(5)7-8-1-2-10-7/h1-2,5-6,9H,3-4H2. The van der Waals surface area contributed by atoms with Gasteiger partial charge in [0, 0.05) is 24.1 Å². The van der Waals surface area contributed by atoms with Crippen LogP contribution in [0.15, 0.2) is 11.6 Å². The predicted octanol–water partition coefficient (Wildman–Crippen LogP) is 1.24. The zero-order valence-corrected chi connectivity index (χ0v) is 6.34. The number of hydrogen-bond acceptors (Lipinski definition) is 3. The summed E-state index contributed by atoms with van der Waals surface area (Å²) in [5.41, 5.74) is 0. The molecule has 1 aliphatic rings. The molecule has 2 unspecified atom stereocenters. The fourth-order valence-electron chi connectivity index (χ4n) is 1.17. The van der Waals surface area contributed by atoms with E-state index in [0.29, 0.717) is 18.4 Å². The lowest BCUT2D eigenvalue weighted by Crippen LogP contribution is -1.86. The number of thiazole rings is 1. The van der Waals surface area contributed by atoms with E-state index in [-0.39, 0.29) is 0 Å². The van der Waals surface area contributed by atoms with Crippen molar-refractivity contribution in [3.8, 4) is 0 Å². The van der Waals surface area contributed by atoms with Crippen LogP contribution in [0.1, 0.15) is 17.3 Å². The van der Waals surface area contributed by atoms with E-state index < -0.39 is 0 Å². The van der Waals surface area contributed by atoms with Crippen molar-refractivity contribution >= 4 is 11.3 Å². The van der Waals surface area contributed by atoms with Crippen LogP contribution in [0.25, 0.3) is 0 Å². The van der Waals surface area contributed by atoms with Crippen molar-refractivity contribution in [3.05, 3.63) is 16.6 Å². The molecule has 1 aromatic rings. The van der Waals surface area contributed by atoms with Crippen LogP contribution in [0.5, 0.6) is 0 Å². The van der Waals surface area contributed by atoms with Crippen LogP contribution in [-0.4, -0.2) is 16.7 Å². The normalized spacial score (nSPS) is 30.5. The first-order valence-electron chi connectivity index (χ1n) is 3.42. The molecule has 0 aliphatic heterocycles. The first-order valence-corrected chi connectivity index (χ1v) is 4.30. The molecule has 1 heterocycles. The molecule has 1 aliphatic carbocycles. The van der Waals surface area contributed by atoms with Gasteiger partial charge in [0.1, 0.15) is 0 Å². The summed E-state index contributed by atoms with van der Waals surface area (Å²) in [6.45, 7) is 0.324. The van der Waals surface area contributed by atoms with E-state index in [1.54, 1.807) is 11.3 Å². The van der Waals surface area contributed by atoms with Crippen molar-refractivity contribution < 1.29 is 5.11 Å². The zero-order valence-electron chi connectivity index (χ0n) is 5.53. The second-order valence-corrected chi connectivity index (χ2v) is 3.58. The topological polar surface area (TPSA) is 33.1 Å². The minimum Gasteiger partial charge on any atom is -0.396 e. The lowest BCUT2D eigenvalue weighted by Gasteiger charge is -1.88. The average molecular weight is 155 g/mol. The van der Waals surface area contributed by atoms with E-state index in [0.717, 1.165) is 6.42 Å². The summed E-state index contributed by atoms with van der Waals surface area (Å²) < 4.78 is 0. The van der Waals surface area contributed by atoms with E-state index in [4.69, 9.17) is 5.11 Å². The first-order chi connectivity index (χ1) is 4.92. The Morgan fingerprint density at radius 3 is 3.20 bits per heavy atom. The summed E-state index contributed by atoms with van der Waals surface area (Å²) in [7, 11) is 0. The van der Waals surface area contributed by atoms with Gasteiger partial charge in [0.25, 0.3) is 0 Å². The molecule has 2 atom stereocenters. The molecule has 0 aromatic carbocycles. The Balaban J connectivity index is 2.05. The Kier molecular flexibility index (Phi) is 1.47. The molecule has 0 spiro atoms. The maximum Gasteiger partial charge on any atom is 0.0959 e. The van der Waals surface area contributed by atoms with Crippen molar-refractivity contribution in [2.24, 2.45) is 5.92 Å². The minimum atomic E-state index is 0.324. The number of aliphatic hydroxyl groups excluding tert-OH is 1. The van der Waals surface area contributed by atoms with Gasteiger partial charge < -0.3 is 5.11 Å². The Labute approximate surface area is 63.5 Å². The smallest absolute Gasteiger partial charge is 0.0959 e. The molecule has 54 valence electrons. The molecular weight excluding hydrogens is 146 g/mol. The minimum absolute atomic E-state index is 0.324. The van der Waals surface area contributed by atoms with Gasteiger partial charge in [-0.25, -0.2) is 4.98 Å². The molecule has 0 amide bonds. The fourth-order valence-corrected chi connectivity index (χ4v) is 2.02. The lowest BCUT2D eigenvalue weighted by atomic mass is 10.3. The van der Waals surface area contributed by atoms with Crippen LogP contribution in [0.2, 0.25) is 0 Å². The van der Waals surface area contributed by atoms with Crippen molar-refractivity contribution in [3.63, 3.8) is 0 Å². The molecule has 3 heteroatoms. The average Bonchev–Trinajstić information content (AvgIpc) is 2.56. The van der Waals surface area contributed by atoms with E-state index in [2.05, 4.69) is 4.98 Å². The molecule has 1 saturated carbocycles. The number of aliphatic hydroxyl groups is 1. The molecule has 10 heavy (non-hydrogen) atoms. The molecule has 1 N–H and O–H groups in total. The van der Waals surface area contributed by atoms with Gasteiger partial charge in [-0.2, -0.15) is 0 Å². The van der Waals surface area contributed by atoms with Crippen molar-refractivity contribution in [1.82, 2.24) is 4.98 Å². The van der Waals surface area contributed by atoms with Crippen molar-refractivity contribution in [2.45, 2.75) is 12.3 Å². The fraction of sp³-hybridized carbons (Fsp3) is 0.571. The third-order valence-electron chi connectivity index (χ3n) is 1.93. The SMILES string of the molecule is OCC1CC1c1nccs1. The molecule has 0 radical (unpaired) electrons. The van der Waals surface area contributed by atoms with Gasteiger partial charge in [0.05, 0.1) is 5.01 Å². The lowest BCUT2D eigenvalue weighted by molar-refractivity contribution is 0.274. The summed E-state index contributed by atoms with van der Waals surface area (Å²) >= 11 is 1.69. The molecule has 0 saturated heterocycles. The summed E-state index contributed by atoms with van der Waals surface area (Å²) in [5, 5.41) is 11.9.